The number of unbranched alkanes of at least 4 members (excludes halogenated alkanes) is 14. The SMILES string of the molecule is CCCCCCCCCCCCCCCCCC(=O)NC(CC)C(=O)O. The molecule has 0 aliphatic heterocycles. The summed E-state index contributed by atoms with van der Waals surface area (Å²) in [6.07, 6.45) is 20.4. The first-order valence-electron chi connectivity index (χ1n) is 11.1. The van der Waals surface area contributed by atoms with Gasteiger partial charge in [-0.15, -0.1) is 0 Å². The second-order valence-corrected chi connectivity index (χ2v) is 7.57. The Kier molecular flexibility index (Phi) is 18.0. The summed E-state index contributed by atoms with van der Waals surface area (Å²) in [5.41, 5.74) is 0. The number of carboxylic acid groups (broad SMARTS) is 1. The Morgan fingerprint density at radius 1 is 0.692 bits per heavy atom. The molecule has 0 saturated carbocycles. The maximum Gasteiger partial charge on any atom is 0.326 e. The van der Waals surface area contributed by atoms with Crippen molar-refractivity contribution in [3.05, 3.63) is 0 Å². The van der Waals surface area contributed by atoms with Crippen LogP contribution >= 0.6 is 0 Å². The van der Waals surface area contributed by atoms with Crippen LogP contribution in [0.4, 0.5) is 0 Å². The molecule has 1 atom stereocenters. The van der Waals surface area contributed by atoms with Gasteiger partial charge < -0.3 is 10.4 Å². The minimum absolute atomic E-state index is 0.131. The van der Waals surface area contributed by atoms with E-state index in [4.69, 9.17) is 5.11 Å². The second kappa shape index (κ2) is 18.7. The van der Waals surface area contributed by atoms with Crippen LogP contribution in [-0.2, 0) is 9.59 Å². The molecule has 0 saturated heterocycles. The van der Waals surface area contributed by atoms with Gasteiger partial charge in [-0.3, -0.25) is 4.79 Å². The van der Waals surface area contributed by atoms with E-state index < -0.39 is 12.0 Å². The number of nitrogens with one attached hydrogen (secondary N) is 1. The predicted molar refractivity (Wildman–Crippen MR) is 109 cm³/mol. The second-order valence-electron chi connectivity index (χ2n) is 7.57. The summed E-state index contributed by atoms with van der Waals surface area (Å²) in [5, 5.41) is 11.5. The van der Waals surface area contributed by atoms with Gasteiger partial charge in [0.05, 0.1) is 0 Å². The number of carbonyl (C=O) groups is 2. The predicted octanol–water partition coefficient (Wildman–Crippen LogP) is 6.23. The molecule has 154 valence electrons. The molecule has 0 aromatic carbocycles. The van der Waals surface area contributed by atoms with Crippen LogP contribution in [-0.4, -0.2) is 23.0 Å². The fourth-order valence-corrected chi connectivity index (χ4v) is 3.26. The molecule has 0 heterocycles. The van der Waals surface area contributed by atoms with Gasteiger partial charge >= 0.3 is 5.97 Å². The molecule has 0 aromatic heterocycles. The molecule has 0 aliphatic carbocycles. The maximum absolute atomic E-state index is 11.7. The molecular formula is C22H43NO3. The molecular weight excluding hydrogens is 326 g/mol. The van der Waals surface area contributed by atoms with Gasteiger partial charge in [0, 0.05) is 6.42 Å². The van der Waals surface area contributed by atoms with Gasteiger partial charge in [0.1, 0.15) is 6.04 Å². The van der Waals surface area contributed by atoms with E-state index in [-0.39, 0.29) is 5.91 Å². The number of rotatable bonds is 19. The Morgan fingerprint density at radius 3 is 1.42 bits per heavy atom. The lowest BCUT2D eigenvalue weighted by Crippen LogP contribution is -2.40. The zero-order valence-corrected chi connectivity index (χ0v) is 17.4. The van der Waals surface area contributed by atoms with Crippen molar-refractivity contribution in [2.75, 3.05) is 0 Å². The van der Waals surface area contributed by atoms with E-state index in [9.17, 15) is 9.59 Å². The van der Waals surface area contributed by atoms with Crippen molar-refractivity contribution in [2.24, 2.45) is 0 Å². The van der Waals surface area contributed by atoms with Crippen LogP contribution in [0.1, 0.15) is 123 Å². The number of hydrogen-bond acceptors (Lipinski definition) is 2. The summed E-state index contributed by atoms with van der Waals surface area (Å²) in [7, 11) is 0. The van der Waals surface area contributed by atoms with Gasteiger partial charge in [-0.1, -0.05) is 104 Å². The zero-order chi connectivity index (χ0) is 19.5. The molecule has 0 spiro atoms. The van der Waals surface area contributed by atoms with Crippen molar-refractivity contribution in [1.29, 1.82) is 0 Å². The lowest BCUT2D eigenvalue weighted by molar-refractivity contribution is -0.141. The highest BCUT2D eigenvalue weighted by molar-refractivity contribution is 5.83. The standard InChI is InChI=1S/C22H43NO3/c1-3-5-6-7-8-9-10-11-12-13-14-15-16-17-18-19-21(24)23-20(4-2)22(25)26/h20H,3-19H2,1-2H3,(H,23,24)(H,25,26). The minimum atomic E-state index is -0.947. The van der Waals surface area contributed by atoms with Crippen molar-refractivity contribution in [3.63, 3.8) is 0 Å². The average molecular weight is 370 g/mol. The van der Waals surface area contributed by atoms with Crippen molar-refractivity contribution in [2.45, 2.75) is 129 Å². The summed E-state index contributed by atoms with van der Waals surface area (Å²) in [4.78, 5) is 22.5. The van der Waals surface area contributed by atoms with Gasteiger partial charge in [-0.25, -0.2) is 4.79 Å². The Balaban J connectivity index is 3.26. The molecule has 0 rings (SSSR count). The number of carboxylic acids is 1. The molecule has 2 N–H and O–H groups in total. The lowest BCUT2D eigenvalue weighted by atomic mass is 10.0. The Bertz CT molecular complexity index is 344. The van der Waals surface area contributed by atoms with Crippen LogP contribution < -0.4 is 5.32 Å². The first-order chi connectivity index (χ1) is 12.6. The van der Waals surface area contributed by atoms with Crippen molar-refractivity contribution >= 4 is 11.9 Å². The van der Waals surface area contributed by atoms with E-state index in [1.54, 1.807) is 6.92 Å². The van der Waals surface area contributed by atoms with E-state index in [2.05, 4.69) is 12.2 Å². The largest absolute Gasteiger partial charge is 0.480 e. The van der Waals surface area contributed by atoms with Crippen molar-refractivity contribution in [1.82, 2.24) is 5.32 Å². The quantitative estimate of drug-likeness (QED) is 0.265. The van der Waals surface area contributed by atoms with Crippen LogP contribution in [0.3, 0.4) is 0 Å². The highest BCUT2D eigenvalue weighted by Crippen LogP contribution is 2.13. The molecule has 1 amide bonds. The third-order valence-electron chi connectivity index (χ3n) is 5.05. The third-order valence-corrected chi connectivity index (χ3v) is 5.05. The number of aliphatic carboxylic acids is 1. The monoisotopic (exact) mass is 369 g/mol. The summed E-state index contributed by atoms with van der Waals surface area (Å²) in [6, 6.07) is -0.737. The fraction of sp³-hybridized carbons (Fsp3) is 0.909. The van der Waals surface area contributed by atoms with E-state index in [0.717, 1.165) is 12.8 Å². The summed E-state index contributed by atoms with van der Waals surface area (Å²) < 4.78 is 0. The zero-order valence-electron chi connectivity index (χ0n) is 17.4. The molecule has 0 aromatic rings. The highest BCUT2D eigenvalue weighted by Gasteiger charge is 2.16. The topological polar surface area (TPSA) is 66.4 Å². The van der Waals surface area contributed by atoms with Gasteiger partial charge in [0.25, 0.3) is 0 Å². The van der Waals surface area contributed by atoms with Crippen molar-refractivity contribution in [3.8, 4) is 0 Å². The highest BCUT2D eigenvalue weighted by atomic mass is 16.4. The van der Waals surface area contributed by atoms with Crippen LogP contribution in [0.2, 0.25) is 0 Å². The lowest BCUT2D eigenvalue weighted by Gasteiger charge is -2.11. The summed E-state index contributed by atoms with van der Waals surface area (Å²) in [5.74, 6) is -1.08. The molecule has 26 heavy (non-hydrogen) atoms. The van der Waals surface area contributed by atoms with E-state index in [1.807, 2.05) is 0 Å². The molecule has 0 fully saturated rings. The van der Waals surface area contributed by atoms with Gasteiger partial charge in [-0.2, -0.15) is 0 Å². The van der Waals surface area contributed by atoms with E-state index in [0.29, 0.717) is 12.8 Å². The molecule has 4 nitrogen and oxygen atoms in total. The number of amides is 1. The van der Waals surface area contributed by atoms with Crippen LogP contribution in [0, 0.1) is 0 Å². The van der Waals surface area contributed by atoms with Crippen LogP contribution in [0.25, 0.3) is 0 Å². The molecule has 1 unspecified atom stereocenters. The Labute approximate surface area is 161 Å². The van der Waals surface area contributed by atoms with Gasteiger partial charge in [0.2, 0.25) is 5.91 Å². The smallest absolute Gasteiger partial charge is 0.326 e. The molecule has 0 radical (unpaired) electrons. The van der Waals surface area contributed by atoms with Crippen LogP contribution in [0.5, 0.6) is 0 Å². The average Bonchev–Trinajstić information content (AvgIpc) is 2.62. The third kappa shape index (κ3) is 16.4. The first-order valence-corrected chi connectivity index (χ1v) is 11.1. The van der Waals surface area contributed by atoms with Gasteiger partial charge in [-0.05, 0) is 12.8 Å². The van der Waals surface area contributed by atoms with Crippen molar-refractivity contribution < 1.29 is 14.7 Å². The maximum atomic E-state index is 11.7. The molecule has 4 heteroatoms. The normalized spacial score (nSPS) is 12.1. The number of carbonyl (C=O) groups excluding carboxylic acids is 1. The summed E-state index contributed by atoms with van der Waals surface area (Å²) in [6.45, 7) is 4.04. The minimum Gasteiger partial charge on any atom is -0.480 e. The molecule has 0 aliphatic rings. The van der Waals surface area contributed by atoms with E-state index >= 15 is 0 Å². The van der Waals surface area contributed by atoms with Crippen LogP contribution in [0.15, 0.2) is 0 Å². The Morgan fingerprint density at radius 2 is 1.08 bits per heavy atom. The van der Waals surface area contributed by atoms with Gasteiger partial charge in [0.15, 0.2) is 0 Å². The molecule has 0 bridgehead atoms. The fourth-order valence-electron chi connectivity index (χ4n) is 3.26. The van der Waals surface area contributed by atoms with E-state index in [1.165, 1.54) is 83.5 Å². The first kappa shape index (κ1) is 24.9. The summed E-state index contributed by atoms with van der Waals surface area (Å²) >= 11 is 0. The Hall–Kier alpha value is -1.06. The number of hydrogen-bond donors (Lipinski definition) is 2.